The van der Waals surface area contributed by atoms with Crippen molar-refractivity contribution in [1.29, 1.82) is 0 Å². The van der Waals surface area contributed by atoms with Crippen LogP contribution in [0.15, 0.2) is 23.4 Å². The number of hydrogen-bond acceptors (Lipinski definition) is 3. The zero-order valence-corrected chi connectivity index (χ0v) is 12.3. The molecule has 1 rings (SSSR count). The fraction of sp³-hybridized carbons (Fsp3) is 0.533. The topological polar surface area (TPSA) is 55.1 Å². The maximum atomic E-state index is 11.8. The van der Waals surface area contributed by atoms with Crippen LogP contribution < -0.4 is 11.1 Å². The van der Waals surface area contributed by atoms with Gasteiger partial charge in [0.15, 0.2) is 0 Å². The quantitative estimate of drug-likeness (QED) is 0.511. The van der Waals surface area contributed by atoms with E-state index in [4.69, 9.17) is 5.73 Å². The Morgan fingerprint density at radius 3 is 2.53 bits per heavy atom. The Bertz CT molecular complexity index is 374. The molecule has 1 aromatic rings. The van der Waals surface area contributed by atoms with Gasteiger partial charge < -0.3 is 11.1 Å². The Morgan fingerprint density at radius 2 is 1.89 bits per heavy atom. The molecule has 1 heterocycles. The standard InChI is InChI=1S/C15H24N2OS/c1-13(14-8-11-19-12-14)15(18)17-10-7-5-3-2-4-6-9-16/h8,11-12H,1-7,9-10,16H2,(H,17,18). The Balaban J connectivity index is 2.03. The largest absolute Gasteiger partial charge is 0.352 e. The van der Waals surface area contributed by atoms with E-state index in [1.807, 2.05) is 16.8 Å². The van der Waals surface area contributed by atoms with E-state index in [0.717, 1.165) is 37.9 Å². The predicted octanol–water partition coefficient (Wildman–Crippen LogP) is 3.18. The first-order chi connectivity index (χ1) is 9.25. The average molecular weight is 280 g/mol. The lowest BCUT2D eigenvalue weighted by atomic mass is 10.1. The van der Waals surface area contributed by atoms with Crippen LogP contribution in [0.3, 0.4) is 0 Å². The molecule has 0 aliphatic heterocycles. The monoisotopic (exact) mass is 280 g/mol. The van der Waals surface area contributed by atoms with Gasteiger partial charge in [0, 0.05) is 12.1 Å². The van der Waals surface area contributed by atoms with Crippen LogP contribution in [0.2, 0.25) is 0 Å². The highest BCUT2D eigenvalue weighted by Gasteiger charge is 2.08. The summed E-state index contributed by atoms with van der Waals surface area (Å²) in [4.78, 5) is 11.8. The van der Waals surface area contributed by atoms with Crippen molar-refractivity contribution in [3.63, 3.8) is 0 Å². The first kappa shape index (κ1) is 15.9. The maximum Gasteiger partial charge on any atom is 0.251 e. The molecule has 19 heavy (non-hydrogen) atoms. The minimum absolute atomic E-state index is 0.0541. The smallest absolute Gasteiger partial charge is 0.251 e. The van der Waals surface area contributed by atoms with Crippen LogP contribution in [-0.2, 0) is 4.79 Å². The van der Waals surface area contributed by atoms with Crippen molar-refractivity contribution in [1.82, 2.24) is 5.32 Å². The Kier molecular flexibility index (Phi) is 8.18. The van der Waals surface area contributed by atoms with Gasteiger partial charge in [-0.25, -0.2) is 0 Å². The van der Waals surface area contributed by atoms with E-state index in [1.54, 1.807) is 11.3 Å². The number of thiophene rings is 1. The highest BCUT2D eigenvalue weighted by molar-refractivity contribution is 7.08. The molecule has 0 saturated carbocycles. The minimum atomic E-state index is -0.0541. The van der Waals surface area contributed by atoms with Gasteiger partial charge in [0.2, 0.25) is 0 Å². The summed E-state index contributed by atoms with van der Waals surface area (Å²) in [6, 6.07) is 1.92. The lowest BCUT2D eigenvalue weighted by Gasteiger charge is -2.06. The van der Waals surface area contributed by atoms with Gasteiger partial charge in [0.1, 0.15) is 0 Å². The van der Waals surface area contributed by atoms with E-state index >= 15 is 0 Å². The summed E-state index contributed by atoms with van der Waals surface area (Å²) in [5.74, 6) is -0.0541. The average Bonchev–Trinajstić information content (AvgIpc) is 2.94. The van der Waals surface area contributed by atoms with Crippen LogP contribution in [0.4, 0.5) is 0 Å². The highest BCUT2D eigenvalue weighted by Crippen LogP contribution is 2.15. The number of amides is 1. The molecule has 0 spiro atoms. The van der Waals surface area contributed by atoms with E-state index < -0.39 is 0 Å². The van der Waals surface area contributed by atoms with Gasteiger partial charge in [-0.2, -0.15) is 11.3 Å². The third kappa shape index (κ3) is 6.55. The number of carbonyl (C=O) groups excluding carboxylic acids is 1. The zero-order valence-electron chi connectivity index (χ0n) is 11.5. The third-order valence-corrected chi connectivity index (χ3v) is 3.74. The molecule has 0 saturated heterocycles. The van der Waals surface area contributed by atoms with E-state index in [-0.39, 0.29) is 5.91 Å². The summed E-state index contributed by atoms with van der Waals surface area (Å²) >= 11 is 1.58. The first-order valence-electron chi connectivity index (χ1n) is 6.95. The van der Waals surface area contributed by atoms with Gasteiger partial charge in [-0.3, -0.25) is 4.79 Å². The Morgan fingerprint density at radius 1 is 1.21 bits per heavy atom. The van der Waals surface area contributed by atoms with Gasteiger partial charge in [0.05, 0.1) is 0 Å². The SMILES string of the molecule is C=C(C(=O)NCCCCCCCCN)c1ccsc1. The number of nitrogens with two attached hydrogens (primary N) is 1. The second-order valence-electron chi connectivity index (χ2n) is 4.66. The summed E-state index contributed by atoms with van der Waals surface area (Å²) < 4.78 is 0. The molecule has 0 bridgehead atoms. The normalized spacial score (nSPS) is 10.4. The van der Waals surface area contributed by atoms with Crippen molar-refractivity contribution in [2.75, 3.05) is 13.1 Å². The third-order valence-electron chi connectivity index (χ3n) is 3.06. The summed E-state index contributed by atoms with van der Waals surface area (Å²) in [6.45, 7) is 5.36. The number of unbranched alkanes of at least 4 members (excludes halogenated alkanes) is 5. The van der Waals surface area contributed by atoms with Crippen LogP contribution in [0, 0.1) is 0 Å². The zero-order chi connectivity index (χ0) is 13.9. The summed E-state index contributed by atoms with van der Waals surface area (Å²) in [6.07, 6.45) is 7.00. The fourth-order valence-electron chi connectivity index (χ4n) is 1.85. The molecule has 3 N–H and O–H groups in total. The Hall–Kier alpha value is -1.13. The second-order valence-corrected chi connectivity index (χ2v) is 5.44. The lowest BCUT2D eigenvalue weighted by Crippen LogP contribution is -2.24. The van der Waals surface area contributed by atoms with Crippen molar-refractivity contribution >= 4 is 22.8 Å². The molecular weight excluding hydrogens is 256 g/mol. The number of nitrogens with one attached hydrogen (secondary N) is 1. The number of rotatable bonds is 10. The van der Waals surface area contributed by atoms with Crippen LogP contribution >= 0.6 is 11.3 Å². The van der Waals surface area contributed by atoms with Crippen LogP contribution in [0.25, 0.3) is 5.57 Å². The maximum absolute atomic E-state index is 11.8. The van der Waals surface area contributed by atoms with Crippen LogP contribution in [0.5, 0.6) is 0 Å². The second kappa shape index (κ2) is 9.75. The van der Waals surface area contributed by atoms with E-state index in [2.05, 4.69) is 11.9 Å². The van der Waals surface area contributed by atoms with E-state index in [9.17, 15) is 4.79 Å². The van der Waals surface area contributed by atoms with E-state index in [1.165, 1.54) is 19.3 Å². The van der Waals surface area contributed by atoms with Gasteiger partial charge >= 0.3 is 0 Å². The van der Waals surface area contributed by atoms with Crippen molar-refractivity contribution in [3.8, 4) is 0 Å². The molecule has 4 heteroatoms. The predicted molar refractivity (Wildman–Crippen MR) is 83.1 cm³/mol. The van der Waals surface area contributed by atoms with E-state index in [0.29, 0.717) is 5.57 Å². The Labute approximate surface area is 119 Å². The van der Waals surface area contributed by atoms with Gasteiger partial charge in [0.25, 0.3) is 5.91 Å². The molecule has 106 valence electrons. The molecule has 0 aromatic carbocycles. The molecule has 0 atom stereocenters. The minimum Gasteiger partial charge on any atom is -0.352 e. The highest BCUT2D eigenvalue weighted by atomic mass is 32.1. The van der Waals surface area contributed by atoms with Crippen LogP contribution in [-0.4, -0.2) is 19.0 Å². The molecule has 0 unspecified atom stereocenters. The molecule has 1 amide bonds. The van der Waals surface area contributed by atoms with Crippen molar-refractivity contribution in [2.45, 2.75) is 38.5 Å². The molecule has 0 radical (unpaired) electrons. The van der Waals surface area contributed by atoms with Crippen molar-refractivity contribution in [3.05, 3.63) is 29.0 Å². The van der Waals surface area contributed by atoms with Crippen molar-refractivity contribution in [2.24, 2.45) is 5.73 Å². The van der Waals surface area contributed by atoms with Gasteiger partial charge in [-0.05, 0) is 41.8 Å². The fourth-order valence-corrected chi connectivity index (χ4v) is 2.52. The molecule has 0 fully saturated rings. The molecule has 0 aliphatic rings. The number of carbonyl (C=O) groups is 1. The lowest BCUT2D eigenvalue weighted by molar-refractivity contribution is -0.115. The van der Waals surface area contributed by atoms with Gasteiger partial charge in [-0.1, -0.05) is 32.3 Å². The summed E-state index contributed by atoms with van der Waals surface area (Å²) in [5.41, 5.74) is 6.92. The summed E-state index contributed by atoms with van der Waals surface area (Å²) in [7, 11) is 0. The van der Waals surface area contributed by atoms with Gasteiger partial charge in [-0.15, -0.1) is 0 Å². The van der Waals surface area contributed by atoms with Crippen molar-refractivity contribution < 1.29 is 4.79 Å². The molecule has 1 aromatic heterocycles. The first-order valence-corrected chi connectivity index (χ1v) is 7.89. The molecule has 3 nitrogen and oxygen atoms in total. The van der Waals surface area contributed by atoms with Crippen LogP contribution in [0.1, 0.15) is 44.1 Å². The summed E-state index contributed by atoms with van der Waals surface area (Å²) in [5, 5.41) is 6.82. The number of hydrogen-bond donors (Lipinski definition) is 2. The molecule has 0 aliphatic carbocycles. The molecular formula is C15H24N2OS.